The van der Waals surface area contributed by atoms with Crippen LogP contribution in [0.1, 0.15) is 53.4 Å². The SMILES string of the molecule is CCC(C)C(N)C(=O)NC(CCCCN)C(=O)NC(C)C(=O)NC(C)C(=O)O. The molecule has 0 aliphatic rings. The van der Waals surface area contributed by atoms with E-state index in [4.69, 9.17) is 16.6 Å². The number of carboxylic acids is 1. The number of nitrogens with one attached hydrogen (secondary N) is 3. The van der Waals surface area contributed by atoms with Gasteiger partial charge in [-0.1, -0.05) is 20.3 Å². The van der Waals surface area contributed by atoms with Gasteiger partial charge in [-0.15, -0.1) is 0 Å². The number of rotatable bonds is 13. The van der Waals surface area contributed by atoms with E-state index in [0.717, 1.165) is 6.42 Å². The van der Waals surface area contributed by atoms with Gasteiger partial charge < -0.3 is 32.5 Å². The van der Waals surface area contributed by atoms with Crippen LogP contribution in [0, 0.1) is 5.92 Å². The van der Waals surface area contributed by atoms with E-state index in [1.54, 1.807) is 0 Å². The predicted molar refractivity (Wildman–Crippen MR) is 105 cm³/mol. The molecule has 0 aromatic heterocycles. The molecule has 28 heavy (non-hydrogen) atoms. The lowest BCUT2D eigenvalue weighted by molar-refractivity contribution is -0.141. The first kappa shape index (κ1) is 25.8. The molecular formula is C18H35N5O5. The average Bonchev–Trinajstić information content (AvgIpc) is 2.65. The first-order valence-corrected chi connectivity index (χ1v) is 9.64. The monoisotopic (exact) mass is 401 g/mol. The van der Waals surface area contributed by atoms with E-state index in [0.29, 0.717) is 25.8 Å². The molecule has 0 rings (SSSR count). The zero-order chi connectivity index (χ0) is 21.9. The largest absolute Gasteiger partial charge is 0.480 e. The maximum atomic E-state index is 12.6. The van der Waals surface area contributed by atoms with Gasteiger partial charge in [-0.2, -0.15) is 0 Å². The van der Waals surface area contributed by atoms with E-state index in [9.17, 15) is 19.2 Å². The summed E-state index contributed by atoms with van der Waals surface area (Å²) in [4.78, 5) is 47.8. The molecule has 5 atom stereocenters. The number of hydrogen-bond acceptors (Lipinski definition) is 6. The lowest BCUT2D eigenvalue weighted by Crippen LogP contribution is -2.56. The van der Waals surface area contributed by atoms with Crippen molar-refractivity contribution in [3.8, 4) is 0 Å². The highest BCUT2D eigenvalue weighted by atomic mass is 16.4. The number of carbonyl (C=O) groups excluding carboxylic acids is 3. The summed E-state index contributed by atoms with van der Waals surface area (Å²) in [6.45, 7) is 6.98. The lowest BCUT2D eigenvalue weighted by atomic mass is 9.98. The molecule has 0 aromatic rings. The average molecular weight is 402 g/mol. The Hall–Kier alpha value is -2.20. The quantitative estimate of drug-likeness (QED) is 0.216. The molecule has 0 aliphatic carbocycles. The van der Waals surface area contributed by atoms with Gasteiger partial charge in [0.15, 0.2) is 0 Å². The van der Waals surface area contributed by atoms with Crippen molar-refractivity contribution in [3.05, 3.63) is 0 Å². The Kier molecular flexibility index (Phi) is 12.0. The second-order valence-corrected chi connectivity index (χ2v) is 7.06. The molecule has 3 amide bonds. The summed E-state index contributed by atoms with van der Waals surface area (Å²) in [5, 5.41) is 16.3. The Bertz CT molecular complexity index is 542. The van der Waals surface area contributed by atoms with Gasteiger partial charge in [0.05, 0.1) is 6.04 Å². The van der Waals surface area contributed by atoms with Gasteiger partial charge in [0.1, 0.15) is 18.1 Å². The molecular weight excluding hydrogens is 366 g/mol. The topological polar surface area (TPSA) is 177 Å². The van der Waals surface area contributed by atoms with Crippen LogP contribution < -0.4 is 27.4 Å². The van der Waals surface area contributed by atoms with Crippen LogP contribution in [0.2, 0.25) is 0 Å². The molecule has 162 valence electrons. The van der Waals surface area contributed by atoms with Crippen molar-refractivity contribution in [2.75, 3.05) is 6.54 Å². The predicted octanol–water partition coefficient (Wildman–Crippen LogP) is -0.932. The summed E-state index contributed by atoms with van der Waals surface area (Å²) in [7, 11) is 0. The molecule has 0 heterocycles. The fraction of sp³-hybridized carbons (Fsp3) is 0.778. The molecule has 0 radical (unpaired) electrons. The smallest absolute Gasteiger partial charge is 0.325 e. The van der Waals surface area contributed by atoms with Gasteiger partial charge in [0, 0.05) is 0 Å². The highest BCUT2D eigenvalue weighted by Crippen LogP contribution is 2.07. The summed E-state index contributed by atoms with van der Waals surface area (Å²) in [6.07, 6.45) is 2.37. The molecule has 0 aliphatic heterocycles. The van der Waals surface area contributed by atoms with Crippen molar-refractivity contribution in [3.63, 3.8) is 0 Å². The number of nitrogens with two attached hydrogens (primary N) is 2. The molecule has 0 spiro atoms. The van der Waals surface area contributed by atoms with E-state index in [-0.39, 0.29) is 5.92 Å². The second-order valence-electron chi connectivity index (χ2n) is 7.06. The Morgan fingerprint density at radius 2 is 1.46 bits per heavy atom. The van der Waals surface area contributed by atoms with Crippen LogP contribution >= 0.6 is 0 Å². The molecule has 10 heteroatoms. The minimum atomic E-state index is -1.18. The third-order valence-corrected chi connectivity index (χ3v) is 4.62. The highest BCUT2D eigenvalue weighted by Gasteiger charge is 2.28. The molecule has 0 aromatic carbocycles. The van der Waals surface area contributed by atoms with Gasteiger partial charge in [-0.05, 0) is 45.6 Å². The Balaban J connectivity index is 4.98. The van der Waals surface area contributed by atoms with E-state index < -0.39 is 47.9 Å². The number of amides is 3. The zero-order valence-electron chi connectivity index (χ0n) is 17.2. The lowest BCUT2D eigenvalue weighted by Gasteiger charge is -2.24. The van der Waals surface area contributed by atoms with Crippen LogP contribution in [0.3, 0.4) is 0 Å². The first-order valence-electron chi connectivity index (χ1n) is 9.64. The van der Waals surface area contributed by atoms with Crippen LogP contribution in [0.5, 0.6) is 0 Å². The van der Waals surface area contributed by atoms with Gasteiger partial charge in [-0.25, -0.2) is 0 Å². The van der Waals surface area contributed by atoms with Crippen molar-refractivity contribution >= 4 is 23.7 Å². The third kappa shape index (κ3) is 9.14. The van der Waals surface area contributed by atoms with Crippen LogP contribution in [0.4, 0.5) is 0 Å². The summed E-state index contributed by atoms with van der Waals surface area (Å²) in [5.74, 6) is -2.83. The summed E-state index contributed by atoms with van der Waals surface area (Å²) >= 11 is 0. The Labute approximate surface area is 166 Å². The van der Waals surface area contributed by atoms with Crippen LogP contribution in [0.15, 0.2) is 0 Å². The number of unbranched alkanes of at least 4 members (excludes halogenated alkanes) is 1. The van der Waals surface area contributed by atoms with Gasteiger partial charge in [0.2, 0.25) is 17.7 Å². The zero-order valence-corrected chi connectivity index (χ0v) is 17.2. The third-order valence-electron chi connectivity index (χ3n) is 4.62. The molecule has 8 N–H and O–H groups in total. The minimum Gasteiger partial charge on any atom is -0.480 e. The van der Waals surface area contributed by atoms with Crippen LogP contribution in [0.25, 0.3) is 0 Å². The van der Waals surface area contributed by atoms with E-state index in [1.807, 2.05) is 13.8 Å². The van der Waals surface area contributed by atoms with Gasteiger partial charge >= 0.3 is 5.97 Å². The molecule has 5 unspecified atom stereocenters. The fourth-order valence-corrected chi connectivity index (χ4v) is 2.32. The Morgan fingerprint density at radius 1 is 0.893 bits per heavy atom. The fourth-order valence-electron chi connectivity index (χ4n) is 2.32. The van der Waals surface area contributed by atoms with Crippen LogP contribution in [-0.2, 0) is 19.2 Å². The van der Waals surface area contributed by atoms with E-state index >= 15 is 0 Å². The number of carboxylic acid groups (broad SMARTS) is 1. The molecule has 0 saturated carbocycles. The highest BCUT2D eigenvalue weighted by molar-refractivity contribution is 5.93. The molecule has 0 saturated heterocycles. The van der Waals surface area contributed by atoms with Gasteiger partial charge in [-0.3, -0.25) is 19.2 Å². The standard InChI is InChI=1S/C18H35N5O5/c1-5-10(2)14(20)17(26)23-13(8-6-7-9-19)16(25)21-11(3)15(24)22-12(4)18(27)28/h10-14H,5-9,19-20H2,1-4H3,(H,21,25)(H,22,24)(H,23,26)(H,27,28). The molecule has 10 nitrogen and oxygen atoms in total. The van der Waals surface area contributed by atoms with Crippen molar-refractivity contribution < 1.29 is 24.3 Å². The number of aliphatic carboxylic acids is 1. The van der Waals surface area contributed by atoms with Crippen molar-refractivity contribution in [1.82, 2.24) is 16.0 Å². The van der Waals surface area contributed by atoms with Crippen molar-refractivity contribution in [2.45, 2.75) is 77.5 Å². The van der Waals surface area contributed by atoms with E-state index in [2.05, 4.69) is 16.0 Å². The van der Waals surface area contributed by atoms with E-state index in [1.165, 1.54) is 13.8 Å². The normalized spacial score (nSPS) is 16.2. The number of hydrogen-bond donors (Lipinski definition) is 6. The van der Waals surface area contributed by atoms with Crippen molar-refractivity contribution in [2.24, 2.45) is 17.4 Å². The minimum absolute atomic E-state index is 0.0463. The summed E-state index contributed by atoms with van der Waals surface area (Å²) < 4.78 is 0. The van der Waals surface area contributed by atoms with Gasteiger partial charge in [0.25, 0.3) is 0 Å². The molecule has 0 bridgehead atoms. The Morgan fingerprint density at radius 3 is 1.96 bits per heavy atom. The van der Waals surface area contributed by atoms with Crippen LogP contribution in [-0.4, -0.2) is 59.5 Å². The first-order chi connectivity index (χ1) is 13.0. The maximum Gasteiger partial charge on any atom is 0.325 e. The number of carbonyl (C=O) groups is 4. The summed E-state index contributed by atoms with van der Waals surface area (Å²) in [6, 6.07) is -3.65. The second kappa shape index (κ2) is 13.1. The molecule has 0 fully saturated rings. The maximum absolute atomic E-state index is 12.6. The van der Waals surface area contributed by atoms with Crippen molar-refractivity contribution in [1.29, 1.82) is 0 Å². The summed E-state index contributed by atoms with van der Waals surface area (Å²) in [5.41, 5.74) is 11.4.